The van der Waals surface area contributed by atoms with Crippen molar-refractivity contribution in [2.45, 2.75) is 36.6 Å². The molecular weight excluding hydrogens is 561 g/mol. The zero-order valence-corrected chi connectivity index (χ0v) is 23.2. The maximum absolute atomic E-state index is 14.9. The van der Waals surface area contributed by atoms with E-state index in [2.05, 4.69) is 37.9 Å². The molecule has 1 atom stereocenters. The van der Waals surface area contributed by atoms with Gasteiger partial charge in [-0.15, -0.1) is 0 Å². The highest BCUT2D eigenvalue weighted by atomic mass is 79.9. The molecule has 0 N–H and O–H groups in total. The molecule has 3 aromatic rings. The van der Waals surface area contributed by atoms with E-state index < -0.39 is 15.8 Å². The van der Waals surface area contributed by atoms with Gasteiger partial charge in [0.25, 0.3) is 0 Å². The molecule has 5 rings (SSSR count). The Morgan fingerprint density at radius 2 is 1.86 bits per heavy atom. The molecule has 2 aromatic carbocycles. The third kappa shape index (κ3) is 5.06. The number of hydrogen-bond acceptors (Lipinski definition) is 6. The van der Waals surface area contributed by atoms with Crippen molar-refractivity contribution >= 4 is 31.8 Å². The lowest BCUT2D eigenvalue weighted by Crippen LogP contribution is -2.39. The fourth-order valence-corrected chi connectivity index (χ4v) is 7.21. The van der Waals surface area contributed by atoms with Crippen LogP contribution in [0.15, 0.2) is 58.0 Å². The van der Waals surface area contributed by atoms with Gasteiger partial charge in [-0.25, -0.2) is 17.8 Å². The second kappa shape index (κ2) is 10.6. The first-order chi connectivity index (χ1) is 17.8. The van der Waals surface area contributed by atoms with E-state index in [1.165, 1.54) is 28.7 Å². The predicted molar refractivity (Wildman–Crippen MR) is 143 cm³/mol. The fraction of sp³-hybridized carbons (Fsp3) is 0.370. The monoisotopic (exact) mass is 589 g/mol. The Labute approximate surface area is 225 Å². The number of piperidine rings is 1. The van der Waals surface area contributed by atoms with Gasteiger partial charge in [-0.1, -0.05) is 12.1 Å². The van der Waals surface area contributed by atoms with Crippen LogP contribution in [-0.2, 0) is 23.0 Å². The number of benzene rings is 2. The van der Waals surface area contributed by atoms with Crippen molar-refractivity contribution < 1.29 is 22.3 Å². The Balaban J connectivity index is 1.32. The van der Waals surface area contributed by atoms with Gasteiger partial charge in [-0.2, -0.15) is 4.31 Å². The molecule has 3 heterocycles. The Morgan fingerprint density at radius 1 is 1.05 bits per heavy atom. The Bertz CT molecular complexity index is 1400. The number of nitrogens with zero attached hydrogens (tertiary/aromatic N) is 3. The molecule has 7 nitrogen and oxygen atoms in total. The van der Waals surface area contributed by atoms with E-state index in [-0.39, 0.29) is 23.1 Å². The number of fused-ring (bicyclic) bond motifs is 1. The minimum atomic E-state index is -3.76. The maximum Gasteiger partial charge on any atom is 0.244 e. The number of hydrogen-bond donors (Lipinski definition) is 0. The quantitative estimate of drug-likeness (QED) is 0.397. The van der Waals surface area contributed by atoms with Crippen LogP contribution in [0, 0.1) is 5.82 Å². The summed E-state index contributed by atoms with van der Waals surface area (Å²) in [5, 5.41) is 0. The lowest BCUT2D eigenvalue weighted by atomic mass is 9.91. The summed E-state index contributed by atoms with van der Waals surface area (Å²) in [7, 11) is -0.682. The normalized spacial score (nSPS) is 18.4. The average molecular weight is 591 g/mol. The maximum atomic E-state index is 14.9. The summed E-state index contributed by atoms with van der Waals surface area (Å²) in [6.45, 7) is 2.07. The van der Waals surface area contributed by atoms with E-state index in [9.17, 15) is 12.8 Å². The highest BCUT2D eigenvalue weighted by molar-refractivity contribution is 9.10. The van der Waals surface area contributed by atoms with Crippen LogP contribution in [0.1, 0.15) is 35.4 Å². The van der Waals surface area contributed by atoms with E-state index in [1.807, 2.05) is 0 Å². The van der Waals surface area contributed by atoms with Crippen LogP contribution < -0.4 is 14.4 Å². The summed E-state index contributed by atoms with van der Waals surface area (Å²) in [6, 6.07) is 12.5. The first-order valence-electron chi connectivity index (χ1n) is 12.2. The second-order valence-corrected chi connectivity index (χ2v) is 12.1. The number of ether oxygens (including phenoxy) is 2. The van der Waals surface area contributed by atoms with Crippen molar-refractivity contribution in [2.75, 3.05) is 38.8 Å². The SMILES string of the molecule is COc1cc2c(cc1Br)CN(c1ccc(S(=O)(=O)N3CCCC(c4cccc(OC)c4F)C3)cn1)CC2. The Kier molecular flexibility index (Phi) is 7.42. The number of pyridine rings is 1. The average Bonchev–Trinajstić information content (AvgIpc) is 2.92. The van der Waals surface area contributed by atoms with Gasteiger partial charge in [0.1, 0.15) is 16.5 Å². The van der Waals surface area contributed by atoms with Crippen LogP contribution in [0.4, 0.5) is 10.2 Å². The van der Waals surface area contributed by atoms with Crippen LogP contribution in [0.2, 0.25) is 0 Å². The largest absolute Gasteiger partial charge is 0.496 e. The van der Waals surface area contributed by atoms with Crippen molar-refractivity contribution in [3.63, 3.8) is 0 Å². The van der Waals surface area contributed by atoms with E-state index in [0.717, 1.165) is 29.0 Å². The number of methoxy groups -OCH3 is 2. The molecule has 0 saturated carbocycles. The minimum absolute atomic E-state index is 0.146. The van der Waals surface area contributed by atoms with Crippen LogP contribution in [0.5, 0.6) is 11.5 Å². The molecule has 2 aliphatic rings. The summed E-state index contributed by atoms with van der Waals surface area (Å²) in [6.07, 6.45) is 3.64. The van der Waals surface area contributed by atoms with Crippen molar-refractivity contribution in [3.05, 3.63) is 75.6 Å². The van der Waals surface area contributed by atoms with E-state index in [0.29, 0.717) is 31.5 Å². The van der Waals surface area contributed by atoms with E-state index in [4.69, 9.17) is 9.47 Å². The summed E-state index contributed by atoms with van der Waals surface area (Å²) in [5.41, 5.74) is 2.91. The molecule has 2 aliphatic heterocycles. The van der Waals surface area contributed by atoms with Crippen molar-refractivity contribution in [1.82, 2.24) is 9.29 Å². The Morgan fingerprint density at radius 3 is 2.59 bits per heavy atom. The molecule has 0 aliphatic carbocycles. The van der Waals surface area contributed by atoms with Gasteiger partial charge in [0.15, 0.2) is 11.6 Å². The van der Waals surface area contributed by atoms with Crippen LogP contribution in [0.3, 0.4) is 0 Å². The lowest BCUT2D eigenvalue weighted by molar-refractivity contribution is 0.308. The number of rotatable bonds is 6. The summed E-state index contributed by atoms with van der Waals surface area (Å²) in [5.74, 6) is 1.05. The first kappa shape index (κ1) is 25.9. The van der Waals surface area contributed by atoms with Crippen molar-refractivity contribution in [2.24, 2.45) is 0 Å². The molecule has 1 saturated heterocycles. The lowest BCUT2D eigenvalue weighted by Gasteiger charge is -2.33. The van der Waals surface area contributed by atoms with Crippen LogP contribution in [0.25, 0.3) is 0 Å². The molecule has 196 valence electrons. The van der Waals surface area contributed by atoms with Gasteiger partial charge in [0.2, 0.25) is 10.0 Å². The smallest absolute Gasteiger partial charge is 0.244 e. The molecule has 1 fully saturated rings. The molecule has 0 bridgehead atoms. The number of anilines is 1. The molecule has 0 radical (unpaired) electrons. The third-order valence-electron chi connectivity index (χ3n) is 7.21. The highest BCUT2D eigenvalue weighted by Gasteiger charge is 2.33. The zero-order valence-electron chi connectivity index (χ0n) is 20.8. The molecule has 1 unspecified atom stereocenters. The predicted octanol–water partition coefficient (Wildman–Crippen LogP) is 5.13. The van der Waals surface area contributed by atoms with Gasteiger partial charge in [0.05, 0.1) is 18.7 Å². The third-order valence-corrected chi connectivity index (χ3v) is 9.67. The van der Waals surface area contributed by atoms with Gasteiger partial charge in [-0.3, -0.25) is 0 Å². The number of halogens is 2. The molecule has 37 heavy (non-hydrogen) atoms. The Hall–Kier alpha value is -2.69. The summed E-state index contributed by atoms with van der Waals surface area (Å²) >= 11 is 3.55. The second-order valence-electron chi connectivity index (χ2n) is 9.34. The molecule has 10 heteroatoms. The topological polar surface area (TPSA) is 72.0 Å². The number of aromatic nitrogens is 1. The van der Waals surface area contributed by atoms with E-state index >= 15 is 0 Å². The fourth-order valence-electron chi connectivity index (χ4n) is 5.19. The first-order valence-corrected chi connectivity index (χ1v) is 14.4. The van der Waals surface area contributed by atoms with Crippen molar-refractivity contribution in [1.29, 1.82) is 0 Å². The number of sulfonamides is 1. The van der Waals surface area contributed by atoms with E-state index in [1.54, 1.807) is 37.4 Å². The zero-order chi connectivity index (χ0) is 26.2. The highest BCUT2D eigenvalue weighted by Crippen LogP contribution is 2.35. The summed E-state index contributed by atoms with van der Waals surface area (Å²) < 4.78 is 54.6. The van der Waals surface area contributed by atoms with Gasteiger partial charge < -0.3 is 14.4 Å². The van der Waals surface area contributed by atoms with Crippen LogP contribution in [-0.4, -0.2) is 51.6 Å². The van der Waals surface area contributed by atoms with Gasteiger partial charge in [-0.05, 0) is 82.2 Å². The molecule has 0 amide bonds. The van der Waals surface area contributed by atoms with Gasteiger partial charge in [0, 0.05) is 38.3 Å². The standard InChI is InChI=1S/C27H29BrFN3O4S/c1-35-24-7-3-6-22(27(24)29)19-5-4-11-32(17-19)37(33,34)21-8-9-26(30-15-21)31-12-10-18-14-25(36-2)23(28)13-20(18)16-31/h3,6-9,13-15,19H,4-5,10-12,16-17H2,1-2H3. The van der Waals surface area contributed by atoms with Crippen molar-refractivity contribution in [3.8, 4) is 11.5 Å². The molecule has 0 spiro atoms. The molecular formula is C27H29BrFN3O4S. The summed E-state index contributed by atoms with van der Waals surface area (Å²) in [4.78, 5) is 6.80. The minimum Gasteiger partial charge on any atom is -0.496 e. The van der Waals surface area contributed by atoms with Gasteiger partial charge >= 0.3 is 0 Å². The van der Waals surface area contributed by atoms with Crippen LogP contribution >= 0.6 is 15.9 Å². The molecule has 1 aromatic heterocycles.